The molecule has 3 heterocycles. The fraction of sp³-hybridized carbons (Fsp3) is 0.125. The van der Waals surface area contributed by atoms with E-state index in [0.717, 1.165) is 22.7 Å². The van der Waals surface area contributed by atoms with Gasteiger partial charge < -0.3 is 10.6 Å². The second-order valence-corrected chi connectivity index (χ2v) is 5.24. The molecule has 0 aliphatic carbocycles. The van der Waals surface area contributed by atoms with Crippen molar-refractivity contribution in [1.82, 2.24) is 9.97 Å². The van der Waals surface area contributed by atoms with Crippen LogP contribution < -0.4 is 10.6 Å². The van der Waals surface area contributed by atoms with E-state index in [1.807, 2.05) is 18.2 Å². The molecule has 1 aliphatic heterocycles. The first-order chi connectivity index (χ1) is 11.0. The molecule has 1 aliphatic rings. The number of hydrogen-bond acceptors (Lipinski definition) is 4. The first-order valence-corrected chi connectivity index (χ1v) is 6.98. The molecule has 0 amide bonds. The van der Waals surface area contributed by atoms with Gasteiger partial charge in [-0.2, -0.15) is 13.2 Å². The summed E-state index contributed by atoms with van der Waals surface area (Å²) in [6.45, 7) is 0.383. The van der Waals surface area contributed by atoms with Crippen molar-refractivity contribution in [1.29, 1.82) is 0 Å². The van der Waals surface area contributed by atoms with Crippen molar-refractivity contribution >= 4 is 28.1 Å². The zero-order chi connectivity index (χ0) is 16.0. The summed E-state index contributed by atoms with van der Waals surface area (Å²) in [5.41, 5.74) is 2.06. The Balaban J connectivity index is 1.84. The molecule has 0 saturated carbocycles. The fourth-order valence-corrected chi connectivity index (χ4v) is 2.65. The van der Waals surface area contributed by atoms with Crippen LogP contribution in [0.5, 0.6) is 0 Å². The highest BCUT2D eigenvalue weighted by molar-refractivity contribution is 5.99. The number of hydrogen-bond donors (Lipinski definition) is 2. The second kappa shape index (κ2) is 4.84. The van der Waals surface area contributed by atoms with Gasteiger partial charge in [0.1, 0.15) is 11.5 Å². The first-order valence-electron chi connectivity index (χ1n) is 6.98. The number of fused-ring (bicyclic) bond motifs is 4. The van der Waals surface area contributed by atoms with Gasteiger partial charge in [0.15, 0.2) is 0 Å². The van der Waals surface area contributed by atoms with Crippen molar-refractivity contribution in [3.8, 4) is 0 Å². The van der Waals surface area contributed by atoms with Crippen molar-refractivity contribution in [2.24, 2.45) is 0 Å². The van der Waals surface area contributed by atoms with Gasteiger partial charge in [0.05, 0.1) is 16.9 Å². The van der Waals surface area contributed by atoms with E-state index in [1.165, 1.54) is 6.07 Å². The van der Waals surface area contributed by atoms with Gasteiger partial charge >= 0.3 is 6.18 Å². The summed E-state index contributed by atoms with van der Waals surface area (Å²) in [7, 11) is 0. The Morgan fingerprint density at radius 3 is 2.74 bits per heavy atom. The van der Waals surface area contributed by atoms with Crippen molar-refractivity contribution in [2.75, 3.05) is 10.6 Å². The molecular weight excluding hydrogens is 305 g/mol. The summed E-state index contributed by atoms with van der Waals surface area (Å²) in [6.07, 6.45) is -2.77. The highest BCUT2D eigenvalue weighted by Gasteiger charge is 2.33. The number of pyridine rings is 2. The summed E-state index contributed by atoms with van der Waals surface area (Å²) in [6, 6.07) is 9.79. The molecule has 0 bridgehead atoms. The summed E-state index contributed by atoms with van der Waals surface area (Å²) < 4.78 is 38.5. The van der Waals surface area contributed by atoms with Crippen LogP contribution in [0.2, 0.25) is 0 Å². The molecule has 4 rings (SSSR count). The van der Waals surface area contributed by atoms with Crippen LogP contribution >= 0.6 is 0 Å². The highest BCUT2D eigenvalue weighted by atomic mass is 19.4. The molecule has 116 valence electrons. The Labute approximate surface area is 129 Å². The van der Waals surface area contributed by atoms with E-state index in [9.17, 15) is 13.2 Å². The van der Waals surface area contributed by atoms with Crippen LogP contribution in [-0.4, -0.2) is 9.97 Å². The number of alkyl halides is 3. The van der Waals surface area contributed by atoms with Crippen LogP contribution in [-0.2, 0) is 12.7 Å². The Morgan fingerprint density at radius 2 is 1.91 bits per heavy atom. The van der Waals surface area contributed by atoms with E-state index in [1.54, 1.807) is 12.3 Å². The van der Waals surface area contributed by atoms with Crippen LogP contribution in [0.4, 0.5) is 30.4 Å². The molecule has 0 atom stereocenters. The minimum Gasteiger partial charge on any atom is -0.379 e. The molecule has 0 radical (unpaired) electrons. The molecule has 0 saturated heterocycles. The third kappa shape index (κ3) is 2.34. The number of halogens is 3. The maximum absolute atomic E-state index is 12.8. The van der Waals surface area contributed by atoms with Crippen LogP contribution in [0, 0.1) is 0 Å². The molecule has 3 aromatic rings. The first kappa shape index (κ1) is 13.8. The van der Waals surface area contributed by atoms with E-state index in [2.05, 4.69) is 20.6 Å². The lowest BCUT2D eigenvalue weighted by molar-refractivity contribution is -0.141. The lowest BCUT2D eigenvalue weighted by Gasteiger charge is -2.12. The summed E-state index contributed by atoms with van der Waals surface area (Å²) in [5.74, 6) is 0.217. The number of nitrogens with one attached hydrogen (secondary N) is 2. The number of rotatable bonds is 0. The van der Waals surface area contributed by atoms with Crippen LogP contribution in [0.1, 0.15) is 11.3 Å². The van der Waals surface area contributed by atoms with Gasteiger partial charge in [-0.1, -0.05) is 6.07 Å². The normalized spacial score (nSPS) is 13.5. The summed E-state index contributed by atoms with van der Waals surface area (Å²) >= 11 is 0. The fourth-order valence-electron chi connectivity index (χ4n) is 2.65. The monoisotopic (exact) mass is 316 g/mol. The van der Waals surface area contributed by atoms with Gasteiger partial charge in [0.2, 0.25) is 0 Å². The molecule has 0 spiro atoms. The quantitative estimate of drug-likeness (QED) is 0.648. The van der Waals surface area contributed by atoms with Crippen LogP contribution in [0.3, 0.4) is 0 Å². The third-order valence-electron chi connectivity index (χ3n) is 3.76. The summed E-state index contributed by atoms with van der Waals surface area (Å²) in [4.78, 5) is 8.02. The van der Waals surface area contributed by atoms with Gasteiger partial charge in [-0.15, -0.1) is 0 Å². The SMILES string of the molecule is FC(F)(F)c1ccc2c(n1)Nc1ccc3ncccc3c1NC2. The van der Waals surface area contributed by atoms with E-state index >= 15 is 0 Å². The van der Waals surface area contributed by atoms with Crippen molar-refractivity contribution in [3.05, 3.63) is 53.9 Å². The Kier molecular flexibility index (Phi) is 2.90. The van der Waals surface area contributed by atoms with Crippen molar-refractivity contribution in [3.63, 3.8) is 0 Å². The average Bonchev–Trinajstić information content (AvgIpc) is 2.72. The van der Waals surface area contributed by atoms with E-state index in [0.29, 0.717) is 17.8 Å². The maximum Gasteiger partial charge on any atom is 0.433 e. The zero-order valence-corrected chi connectivity index (χ0v) is 11.8. The molecule has 1 aromatic carbocycles. The molecule has 23 heavy (non-hydrogen) atoms. The molecule has 7 heteroatoms. The van der Waals surface area contributed by atoms with Gasteiger partial charge in [0, 0.05) is 23.7 Å². The number of nitrogens with zero attached hydrogens (tertiary/aromatic N) is 2. The molecule has 0 fully saturated rings. The zero-order valence-electron chi connectivity index (χ0n) is 11.8. The molecule has 0 unspecified atom stereocenters. The van der Waals surface area contributed by atoms with E-state index < -0.39 is 11.9 Å². The van der Waals surface area contributed by atoms with Crippen LogP contribution in [0.25, 0.3) is 10.9 Å². The molecule has 2 aromatic heterocycles. The number of aromatic nitrogens is 2. The minimum atomic E-state index is -4.47. The second-order valence-electron chi connectivity index (χ2n) is 5.24. The Morgan fingerprint density at radius 1 is 1.04 bits per heavy atom. The van der Waals surface area contributed by atoms with E-state index in [4.69, 9.17) is 0 Å². The number of benzene rings is 1. The topological polar surface area (TPSA) is 49.8 Å². The third-order valence-corrected chi connectivity index (χ3v) is 3.76. The van der Waals surface area contributed by atoms with Gasteiger partial charge in [-0.3, -0.25) is 4.98 Å². The molecule has 2 N–H and O–H groups in total. The Hall–Kier alpha value is -2.83. The minimum absolute atomic E-state index is 0.217. The van der Waals surface area contributed by atoms with Gasteiger partial charge in [-0.05, 0) is 30.3 Å². The maximum atomic E-state index is 12.8. The molecule has 4 nitrogen and oxygen atoms in total. The molecular formula is C16H11F3N4. The summed E-state index contributed by atoms with van der Waals surface area (Å²) in [5, 5.41) is 7.17. The average molecular weight is 316 g/mol. The number of anilines is 3. The Bertz CT molecular complexity index is 905. The predicted molar refractivity (Wildman–Crippen MR) is 81.6 cm³/mol. The van der Waals surface area contributed by atoms with Crippen molar-refractivity contribution in [2.45, 2.75) is 12.7 Å². The lowest BCUT2D eigenvalue weighted by Crippen LogP contribution is -2.10. The smallest absolute Gasteiger partial charge is 0.379 e. The van der Waals surface area contributed by atoms with E-state index in [-0.39, 0.29) is 5.82 Å². The van der Waals surface area contributed by atoms with Crippen LogP contribution in [0.15, 0.2) is 42.6 Å². The predicted octanol–water partition coefficient (Wildman–Crippen LogP) is 4.32. The lowest BCUT2D eigenvalue weighted by atomic mass is 10.1. The standard InChI is InChI=1S/C16H11F3N4/c17-16(18,19)13-6-3-9-8-21-14-10-2-1-7-20-11(10)4-5-12(14)22-15(9)23-13/h1-7,21H,8H2,(H,22,23). The largest absolute Gasteiger partial charge is 0.433 e. The highest BCUT2D eigenvalue weighted by Crippen LogP contribution is 2.37. The van der Waals surface area contributed by atoms with Gasteiger partial charge in [0.25, 0.3) is 0 Å². The van der Waals surface area contributed by atoms with Gasteiger partial charge in [-0.25, -0.2) is 4.98 Å². The van der Waals surface area contributed by atoms with Crippen molar-refractivity contribution < 1.29 is 13.2 Å².